The van der Waals surface area contributed by atoms with Gasteiger partial charge in [0.15, 0.2) is 5.96 Å². The lowest BCUT2D eigenvalue weighted by atomic mass is 10.0. The summed E-state index contributed by atoms with van der Waals surface area (Å²) in [5.41, 5.74) is 1.86. The molecular weight excluding hydrogens is 491 g/mol. The summed E-state index contributed by atoms with van der Waals surface area (Å²) in [5, 5.41) is 16.0. The molecule has 7 nitrogen and oxygen atoms in total. The Bertz CT molecular complexity index is 860. The van der Waals surface area contributed by atoms with Crippen LogP contribution in [0.25, 0.3) is 0 Å². The molecule has 1 unspecified atom stereocenters. The zero-order chi connectivity index (χ0) is 19.7. The number of aliphatic hydroxyl groups is 1. The van der Waals surface area contributed by atoms with E-state index in [0.29, 0.717) is 19.0 Å². The lowest BCUT2D eigenvalue weighted by molar-refractivity contribution is 0.265. The lowest BCUT2D eigenvalue weighted by Crippen LogP contribution is -2.39. The van der Waals surface area contributed by atoms with Crippen LogP contribution in [0, 0.1) is 0 Å². The summed E-state index contributed by atoms with van der Waals surface area (Å²) in [6.45, 7) is 0.966. The van der Waals surface area contributed by atoms with Gasteiger partial charge in [-0.1, -0.05) is 42.5 Å². The molecule has 0 aliphatic carbocycles. The summed E-state index contributed by atoms with van der Waals surface area (Å²) < 4.78 is 26.1. The highest BCUT2D eigenvalue weighted by molar-refractivity contribution is 14.0. The van der Waals surface area contributed by atoms with Gasteiger partial charge in [-0.15, -0.1) is 24.0 Å². The van der Waals surface area contributed by atoms with Crippen LogP contribution in [0.5, 0.6) is 0 Å². The molecule has 9 heteroatoms. The smallest absolute Gasteiger partial charge is 0.240 e. The third-order valence-electron chi connectivity index (χ3n) is 4.17. The number of nitrogens with one attached hydrogen (secondary N) is 3. The Balaban J connectivity index is 0.00000392. The number of guanidine groups is 1. The van der Waals surface area contributed by atoms with E-state index in [4.69, 9.17) is 0 Å². The van der Waals surface area contributed by atoms with Crippen molar-refractivity contribution < 1.29 is 13.5 Å². The van der Waals surface area contributed by atoms with E-state index in [2.05, 4.69) is 20.3 Å². The Kier molecular flexibility index (Phi) is 10.4. The quantitative estimate of drug-likeness (QED) is 0.242. The third kappa shape index (κ3) is 7.04. The Morgan fingerprint density at radius 1 is 1.11 bits per heavy atom. The molecule has 0 aliphatic heterocycles. The van der Waals surface area contributed by atoms with Crippen molar-refractivity contribution in [1.29, 1.82) is 0 Å². The van der Waals surface area contributed by atoms with Gasteiger partial charge in [0.05, 0.1) is 11.5 Å². The van der Waals surface area contributed by atoms with E-state index in [1.807, 2.05) is 36.4 Å². The van der Waals surface area contributed by atoms with Crippen molar-refractivity contribution in [2.75, 3.05) is 27.2 Å². The second-order valence-corrected chi connectivity index (χ2v) is 7.84. The maximum absolute atomic E-state index is 11.9. The molecule has 2 rings (SSSR count). The Morgan fingerprint density at radius 3 is 2.43 bits per heavy atom. The molecule has 1 atom stereocenters. The number of hydrogen-bond acceptors (Lipinski definition) is 4. The molecule has 0 radical (unpaired) electrons. The number of benzene rings is 2. The summed E-state index contributed by atoms with van der Waals surface area (Å²) in [4.78, 5) is 4.39. The molecule has 0 aliphatic rings. The molecule has 0 heterocycles. The first-order valence-corrected chi connectivity index (χ1v) is 10.1. The Hall–Kier alpha value is -1.69. The third-order valence-corrected chi connectivity index (χ3v) is 5.58. The average Bonchev–Trinajstić information content (AvgIpc) is 2.71. The van der Waals surface area contributed by atoms with E-state index in [-0.39, 0.29) is 41.4 Å². The van der Waals surface area contributed by atoms with Crippen molar-refractivity contribution in [2.45, 2.75) is 17.4 Å². The van der Waals surface area contributed by atoms with Gasteiger partial charge >= 0.3 is 0 Å². The normalized spacial score (nSPS) is 12.8. The number of halogens is 1. The van der Waals surface area contributed by atoms with Crippen LogP contribution in [0.15, 0.2) is 64.5 Å². The molecule has 28 heavy (non-hydrogen) atoms. The monoisotopic (exact) mass is 518 g/mol. The number of hydrogen-bond donors (Lipinski definition) is 4. The van der Waals surface area contributed by atoms with Gasteiger partial charge in [0.2, 0.25) is 10.0 Å². The Morgan fingerprint density at radius 2 is 1.82 bits per heavy atom. The molecular formula is C19H27IN4O3S. The first-order chi connectivity index (χ1) is 13.0. The van der Waals surface area contributed by atoms with Crippen LogP contribution in [0.4, 0.5) is 0 Å². The number of sulfonamides is 1. The van der Waals surface area contributed by atoms with Crippen molar-refractivity contribution in [3.8, 4) is 0 Å². The minimum Gasteiger partial charge on any atom is -0.396 e. The first kappa shape index (κ1) is 24.3. The maximum Gasteiger partial charge on any atom is 0.240 e. The van der Waals surface area contributed by atoms with Crippen molar-refractivity contribution in [2.24, 2.45) is 4.99 Å². The molecule has 154 valence electrons. The number of nitrogens with zero attached hydrogens (tertiary/aromatic N) is 1. The minimum absolute atomic E-state index is 0. The predicted molar refractivity (Wildman–Crippen MR) is 123 cm³/mol. The van der Waals surface area contributed by atoms with E-state index >= 15 is 0 Å². The number of aliphatic imine (C=N–C) groups is 1. The number of rotatable bonds is 8. The predicted octanol–water partition coefficient (Wildman–Crippen LogP) is 1.65. The standard InChI is InChI=1S/C19H26N4O3S.HI/c1-20-19(23-13-17(14-24)16-8-4-3-5-9-16)22-12-15-7-6-10-18(11-15)27(25,26)21-2;/h3-11,17,21,24H,12-14H2,1-2H3,(H2,20,22,23);1H. The molecule has 0 amide bonds. The Labute approximate surface area is 183 Å². The van der Waals surface area contributed by atoms with Crippen LogP contribution >= 0.6 is 24.0 Å². The summed E-state index contributed by atoms with van der Waals surface area (Å²) in [7, 11) is -0.426. The largest absolute Gasteiger partial charge is 0.396 e. The van der Waals surface area contributed by atoms with Crippen molar-refractivity contribution in [1.82, 2.24) is 15.4 Å². The van der Waals surface area contributed by atoms with Crippen LogP contribution in [0.2, 0.25) is 0 Å². The van der Waals surface area contributed by atoms with Gasteiger partial charge < -0.3 is 15.7 Å². The summed E-state index contributed by atoms with van der Waals surface area (Å²) in [6.07, 6.45) is 0. The van der Waals surface area contributed by atoms with E-state index in [9.17, 15) is 13.5 Å². The van der Waals surface area contributed by atoms with Gasteiger partial charge in [-0.3, -0.25) is 4.99 Å². The molecule has 0 fully saturated rings. The van der Waals surface area contributed by atoms with Crippen LogP contribution in [0.1, 0.15) is 17.0 Å². The molecule has 0 saturated heterocycles. The molecule has 0 bridgehead atoms. The van der Waals surface area contributed by atoms with E-state index in [1.165, 1.54) is 7.05 Å². The highest BCUT2D eigenvalue weighted by atomic mass is 127. The first-order valence-electron chi connectivity index (χ1n) is 8.63. The highest BCUT2D eigenvalue weighted by Crippen LogP contribution is 2.13. The second-order valence-electron chi connectivity index (χ2n) is 5.95. The molecule has 0 spiro atoms. The fourth-order valence-corrected chi connectivity index (χ4v) is 3.38. The number of aliphatic hydroxyl groups excluding tert-OH is 1. The van der Waals surface area contributed by atoms with Gasteiger partial charge in [0, 0.05) is 26.1 Å². The fraction of sp³-hybridized carbons (Fsp3) is 0.316. The minimum atomic E-state index is -3.47. The summed E-state index contributed by atoms with van der Waals surface area (Å²) in [5.74, 6) is 0.528. The summed E-state index contributed by atoms with van der Waals surface area (Å²) in [6, 6.07) is 16.5. The van der Waals surface area contributed by atoms with E-state index < -0.39 is 10.0 Å². The van der Waals surface area contributed by atoms with Gasteiger partial charge in [-0.2, -0.15) is 0 Å². The fourth-order valence-electron chi connectivity index (χ4n) is 2.58. The van der Waals surface area contributed by atoms with E-state index in [1.54, 1.807) is 25.2 Å². The zero-order valence-electron chi connectivity index (χ0n) is 15.9. The maximum atomic E-state index is 11.9. The van der Waals surface area contributed by atoms with E-state index in [0.717, 1.165) is 11.1 Å². The molecule has 0 saturated carbocycles. The van der Waals surface area contributed by atoms with Gasteiger partial charge in [-0.25, -0.2) is 13.1 Å². The van der Waals surface area contributed by atoms with Crippen LogP contribution in [0.3, 0.4) is 0 Å². The van der Waals surface area contributed by atoms with Crippen LogP contribution in [-0.2, 0) is 16.6 Å². The molecule has 2 aromatic carbocycles. The topological polar surface area (TPSA) is 103 Å². The average molecular weight is 518 g/mol. The molecule has 2 aromatic rings. The zero-order valence-corrected chi connectivity index (χ0v) is 19.1. The van der Waals surface area contributed by atoms with Crippen LogP contribution < -0.4 is 15.4 Å². The SMILES string of the molecule is CN=C(NCc1cccc(S(=O)(=O)NC)c1)NCC(CO)c1ccccc1.I. The van der Waals surface area contributed by atoms with Crippen molar-refractivity contribution >= 4 is 40.0 Å². The summed E-state index contributed by atoms with van der Waals surface area (Å²) >= 11 is 0. The van der Waals surface area contributed by atoms with Crippen molar-refractivity contribution in [3.63, 3.8) is 0 Å². The van der Waals surface area contributed by atoms with Gasteiger partial charge in [-0.05, 0) is 30.3 Å². The van der Waals surface area contributed by atoms with Gasteiger partial charge in [0.1, 0.15) is 0 Å². The van der Waals surface area contributed by atoms with Crippen molar-refractivity contribution in [3.05, 3.63) is 65.7 Å². The molecule has 4 N–H and O–H groups in total. The lowest BCUT2D eigenvalue weighted by Gasteiger charge is -2.18. The molecule has 0 aromatic heterocycles. The highest BCUT2D eigenvalue weighted by Gasteiger charge is 2.12. The van der Waals surface area contributed by atoms with Gasteiger partial charge in [0.25, 0.3) is 0 Å². The van der Waals surface area contributed by atoms with Crippen LogP contribution in [-0.4, -0.2) is 46.7 Å². The second kappa shape index (κ2) is 12.0.